The molecular formula is C17H20FNO. The van der Waals surface area contributed by atoms with E-state index >= 15 is 0 Å². The Labute approximate surface area is 119 Å². The van der Waals surface area contributed by atoms with Crippen LogP contribution in [0.1, 0.15) is 24.5 Å². The van der Waals surface area contributed by atoms with E-state index in [0.717, 1.165) is 25.1 Å². The molecule has 0 heterocycles. The third-order valence-electron chi connectivity index (χ3n) is 2.95. The van der Waals surface area contributed by atoms with Gasteiger partial charge in [-0.1, -0.05) is 37.3 Å². The van der Waals surface area contributed by atoms with Crippen molar-refractivity contribution >= 4 is 0 Å². The molecule has 2 aromatic rings. The quantitative estimate of drug-likeness (QED) is 0.772. The molecule has 2 rings (SSSR count). The van der Waals surface area contributed by atoms with Crippen molar-refractivity contribution in [1.29, 1.82) is 0 Å². The molecule has 106 valence electrons. The number of ether oxygens (including phenoxy) is 1. The van der Waals surface area contributed by atoms with Crippen LogP contribution in [0.25, 0.3) is 0 Å². The zero-order valence-corrected chi connectivity index (χ0v) is 11.7. The molecule has 2 aromatic carbocycles. The lowest BCUT2D eigenvalue weighted by atomic mass is 10.1. The van der Waals surface area contributed by atoms with Crippen molar-refractivity contribution in [3.8, 4) is 5.75 Å². The molecular weight excluding hydrogens is 253 g/mol. The van der Waals surface area contributed by atoms with Gasteiger partial charge in [-0.2, -0.15) is 0 Å². The fraction of sp³-hybridized carbons (Fsp3) is 0.294. The molecule has 3 heteroatoms. The maximum absolute atomic E-state index is 13.0. The lowest BCUT2D eigenvalue weighted by Gasteiger charge is -2.08. The molecule has 0 unspecified atom stereocenters. The Kier molecular flexibility index (Phi) is 5.56. The number of benzene rings is 2. The molecule has 0 saturated carbocycles. The monoisotopic (exact) mass is 273 g/mol. The second-order valence-electron chi connectivity index (χ2n) is 4.74. The first-order valence-electron chi connectivity index (χ1n) is 6.95. The second kappa shape index (κ2) is 7.65. The van der Waals surface area contributed by atoms with Gasteiger partial charge in [-0.3, -0.25) is 0 Å². The van der Waals surface area contributed by atoms with Crippen LogP contribution in [0, 0.1) is 5.82 Å². The van der Waals surface area contributed by atoms with Crippen LogP contribution >= 0.6 is 0 Å². The minimum Gasteiger partial charge on any atom is -0.489 e. The number of hydrogen-bond acceptors (Lipinski definition) is 2. The van der Waals surface area contributed by atoms with Crippen LogP contribution in [0.3, 0.4) is 0 Å². The van der Waals surface area contributed by atoms with E-state index in [2.05, 4.69) is 24.4 Å². The van der Waals surface area contributed by atoms with Crippen LogP contribution < -0.4 is 10.1 Å². The largest absolute Gasteiger partial charge is 0.489 e. The van der Waals surface area contributed by atoms with Crippen LogP contribution in [-0.2, 0) is 13.2 Å². The fourth-order valence-electron chi connectivity index (χ4n) is 1.96. The summed E-state index contributed by atoms with van der Waals surface area (Å²) in [6, 6.07) is 14.5. The Bertz CT molecular complexity index is 542. The van der Waals surface area contributed by atoms with Gasteiger partial charge in [0.05, 0.1) is 0 Å². The Morgan fingerprint density at radius 2 is 1.85 bits per heavy atom. The van der Waals surface area contributed by atoms with Crippen molar-refractivity contribution < 1.29 is 9.13 Å². The Hall–Kier alpha value is -1.87. The van der Waals surface area contributed by atoms with Gasteiger partial charge >= 0.3 is 0 Å². The van der Waals surface area contributed by atoms with Crippen molar-refractivity contribution in [3.63, 3.8) is 0 Å². The predicted octanol–water partition coefficient (Wildman–Crippen LogP) is 3.90. The summed E-state index contributed by atoms with van der Waals surface area (Å²) in [6.45, 7) is 4.48. The van der Waals surface area contributed by atoms with Crippen molar-refractivity contribution in [2.45, 2.75) is 26.5 Å². The summed E-state index contributed by atoms with van der Waals surface area (Å²) in [7, 11) is 0. The number of halogens is 1. The first-order valence-corrected chi connectivity index (χ1v) is 6.95. The van der Waals surface area contributed by atoms with Gasteiger partial charge < -0.3 is 10.1 Å². The molecule has 0 aliphatic rings. The fourth-order valence-corrected chi connectivity index (χ4v) is 1.96. The summed E-state index contributed by atoms with van der Waals surface area (Å²) in [5.41, 5.74) is 2.32. The van der Waals surface area contributed by atoms with Crippen LogP contribution in [0.15, 0.2) is 48.5 Å². The van der Waals surface area contributed by atoms with Crippen LogP contribution in [0.2, 0.25) is 0 Å². The number of hydrogen-bond donors (Lipinski definition) is 1. The normalized spacial score (nSPS) is 10.5. The zero-order valence-electron chi connectivity index (χ0n) is 11.7. The maximum atomic E-state index is 13.0. The van der Waals surface area contributed by atoms with Gasteiger partial charge in [0.2, 0.25) is 0 Å². The first-order chi connectivity index (χ1) is 9.78. The van der Waals surface area contributed by atoms with E-state index in [9.17, 15) is 4.39 Å². The highest BCUT2D eigenvalue weighted by atomic mass is 19.1. The Morgan fingerprint density at radius 3 is 2.65 bits per heavy atom. The van der Waals surface area contributed by atoms with Gasteiger partial charge in [0.1, 0.15) is 18.2 Å². The van der Waals surface area contributed by atoms with Crippen molar-refractivity contribution in [2.75, 3.05) is 6.54 Å². The Morgan fingerprint density at radius 1 is 1.05 bits per heavy atom. The smallest absolute Gasteiger partial charge is 0.126 e. The predicted molar refractivity (Wildman–Crippen MR) is 79.2 cm³/mol. The summed E-state index contributed by atoms with van der Waals surface area (Å²) in [6.07, 6.45) is 1.13. The van der Waals surface area contributed by atoms with Gasteiger partial charge in [0, 0.05) is 12.6 Å². The van der Waals surface area contributed by atoms with Crippen LogP contribution in [0.4, 0.5) is 4.39 Å². The number of nitrogens with one attached hydrogen (secondary N) is 1. The lowest BCUT2D eigenvalue weighted by molar-refractivity contribution is 0.304. The average Bonchev–Trinajstić information content (AvgIpc) is 2.46. The van der Waals surface area contributed by atoms with Crippen molar-refractivity contribution in [3.05, 3.63) is 65.5 Å². The van der Waals surface area contributed by atoms with E-state index in [4.69, 9.17) is 4.74 Å². The molecule has 20 heavy (non-hydrogen) atoms. The third-order valence-corrected chi connectivity index (χ3v) is 2.95. The molecule has 0 amide bonds. The lowest BCUT2D eigenvalue weighted by Crippen LogP contribution is -2.13. The minimum atomic E-state index is -0.278. The molecule has 0 atom stereocenters. The summed E-state index contributed by atoms with van der Waals surface area (Å²) < 4.78 is 18.6. The molecule has 0 aliphatic carbocycles. The van der Waals surface area contributed by atoms with Gasteiger partial charge in [0.25, 0.3) is 0 Å². The molecule has 2 nitrogen and oxygen atoms in total. The molecule has 0 bridgehead atoms. The SMILES string of the molecule is CCCNCc1cccc(COc2cccc(F)c2)c1. The Balaban J connectivity index is 1.91. The second-order valence-corrected chi connectivity index (χ2v) is 4.74. The minimum absolute atomic E-state index is 0.278. The van der Waals surface area contributed by atoms with Gasteiger partial charge in [-0.15, -0.1) is 0 Å². The highest BCUT2D eigenvalue weighted by Crippen LogP contribution is 2.14. The molecule has 0 aliphatic heterocycles. The van der Waals surface area contributed by atoms with Gasteiger partial charge in [-0.05, 0) is 36.2 Å². The van der Waals surface area contributed by atoms with Crippen LogP contribution in [-0.4, -0.2) is 6.54 Å². The van der Waals surface area contributed by atoms with Crippen molar-refractivity contribution in [2.24, 2.45) is 0 Å². The zero-order chi connectivity index (χ0) is 14.2. The highest BCUT2D eigenvalue weighted by Gasteiger charge is 1.99. The average molecular weight is 273 g/mol. The summed E-state index contributed by atoms with van der Waals surface area (Å²) in [4.78, 5) is 0. The molecule has 0 aromatic heterocycles. The molecule has 1 N–H and O–H groups in total. The molecule has 0 spiro atoms. The molecule has 0 saturated heterocycles. The third kappa shape index (κ3) is 4.67. The van der Waals surface area contributed by atoms with E-state index in [0.29, 0.717) is 12.4 Å². The standard InChI is InChI=1S/C17H20FNO/c1-2-9-19-12-14-5-3-6-15(10-14)13-20-17-8-4-7-16(18)11-17/h3-8,10-11,19H,2,9,12-13H2,1H3. The first kappa shape index (κ1) is 14.5. The molecule has 0 fully saturated rings. The van der Waals surface area contributed by atoms with E-state index < -0.39 is 0 Å². The summed E-state index contributed by atoms with van der Waals surface area (Å²) in [5.74, 6) is 0.277. The number of rotatable bonds is 7. The topological polar surface area (TPSA) is 21.3 Å². The van der Waals surface area contributed by atoms with E-state index in [-0.39, 0.29) is 5.82 Å². The van der Waals surface area contributed by atoms with Gasteiger partial charge in [0.15, 0.2) is 0 Å². The summed E-state index contributed by atoms with van der Waals surface area (Å²) >= 11 is 0. The summed E-state index contributed by atoms with van der Waals surface area (Å²) in [5, 5.41) is 3.37. The van der Waals surface area contributed by atoms with E-state index in [1.807, 2.05) is 12.1 Å². The molecule has 0 radical (unpaired) electrons. The highest BCUT2D eigenvalue weighted by molar-refractivity contribution is 5.25. The van der Waals surface area contributed by atoms with Gasteiger partial charge in [-0.25, -0.2) is 4.39 Å². The van der Waals surface area contributed by atoms with Crippen molar-refractivity contribution in [1.82, 2.24) is 5.32 Å². The maximum Gasteiger partial charge on any atom is 0.126 e. The van der Waals surface area contributed by atoms with E-state index in [1.165, 1.54) is 17.7 Å². The van der Waals surface area contributed by atoms with E-state index in [1.54, 1.807) is 12.1 Å². The van der Waals surface area contributed by atoms with Crippen LogP contribution in [0.5, 0.6) is 5.75 Å².